The lowest BCUT2D eigenvalue weighted by Gasteiger charge is -2.20. The SMILES string of the molecule is CO[Si](C)(C)CC(F)(F)F. The van der Waals surface area contributed by atoms with Gasteiger partial charge in [0, 0.05) is 7.11 Å². The van der Waals surface area contributed by atoms with Gasteiger partial charge in [0.15, 0.2) is 8.32 Å². The molecule has 0 bridgehead atoms. The molecule has 0 N–H and O–H groups in total. The van der Waals surface area contributed by atoms with Gasteiger partial charge in [0.25, 0.3) is 0 Å². The van der Waals surface area contributed by atoms with Crippen LogP contribution in [0.5, 0.6) is 0 Å². The summed E-state index contributed by atoms with van der Waals surface area (Å²) in [7, 11) is -1.11. The summed E-state index contributed by atoms with van der Waals surface area (Å²) in [5.41, 5.74) is 0. The van der Waals surface area contributed by atoms with Crippen molar-refractivity contribution in [2.24, 2.45) is 0 Å². The van der Waals surface area contributed by atoms with E-state index < -0.39 is 20.5 Å². The van der Waals surface area contributed by atoms with Gasteiger partial charge in [-0.2, -0.15) is 13.2 Å². The lowest BCUT2D eigenvalue weighted by Crippen LogP contribution is -2.34. The third-order valence-electron chi connectivity index (χ3n) is 1.18. The smallest absolute Gasteiger partial charge is 0.389 e. The van der Waals surface area contributed by atoms with Crippen LogP contribution >= 0.6 is 0 Å². The predicted molar refractivity (Wildman–Crippen MR) is 35.4 cm³/mol. The van der Waals surface area contributed by atoms with E-state index in [1.807, 2.05) is 0 Å². The molecule has 0 unspecified atom stereocenters. The molecule has 0 saturated carbocycles. The first kappa shape index (κ1) is 9.97. The molecule has 0 aromatic heterocycles. The van der Waals surface area contributed by atoms with Crippen LogP contribution in [0.4, 0.5) is 13.2 Å². The monoisotopic (exact) mass is 172 g/mol. The standard InChI is InChI=1S/C5H11F3OSi/c1-9-10(2,3)4-5(6,7)8/h4H2,1-3H3. The van der Waals surface area contributed by atoms with Crippen LogP contribution in [0.2, 0.25) is 19.1 Å². The summed E-state index contributed by atoms with van der Waals surface area (Å²) in [4.78, 5) is 0. The topological polar surface area (TPSA) is 9.23 Å². The summed E-state index contributed by atoms with van der Waals surface area (Å²) in [6, 6.07) is -0.767. The molecule has 0 fully saturated rings. The van der Waals surface area contributed by atoms with Crippen LogP contribution in [-0.4, -0.2) is 21.6 Å². The average molecular weight is 172 g/mol. The molecule has 0 aromatic carbocycles. The molecular formula is C5H11F3OSi. The Bertz CT molecular complexity index is 110. The van der Waals surface area contributed by atoms with Gasteiger partial charge in [-0.3, -0.25) is 0 Å². The van der Waals surface area contributed by atoms with E-state index in [-0.39, 0.29) is 0 Å². The minimum atomic E-state index is -4.08. The van der Waals surface area contributed by atoms with E-state index in [9.17, 15) is 13.2 Å². The Balaban J connectivity index is 3.89. The van der Waals surface area contributed by atoms with E-state index in [4.69, 9.17) is 4.43 Å². The number of rotatable bonds is 2. The van der Waals surface area contributed by atoms with Crippen LogP contribution in [0.15, 0.2) is 0 Å². The second-order valence-electron chi connectivity index (χ2n) is 2.76. The fourth-order valence-electron chi connectivity index (χ4n) is 0.555. The Hall–Kier alpha value is -0.0331. The maximum Gasteiger partial charge on any atom is 0.389 e. The van der Waals surface area contributed by atoms with E-state index in [2.05, 4.69) is 0 Å². The maximum atomic E-state index is 11.7. The van der Waals surface area contributed by atoms with E-state index in [1.165, 1.54) is 7.11 Å². The van der Waals surface area contributed by atoms with E-state index in [0.717, 1.165) is 0 Å². The van der Waals surface area contributed by atoms with Gasteiger partial charge in [-0.25, -0.2) is 0 Å². The van der Waals surface area contributed by atoms with Crippen LogP contribution in [0.1, 0.15) is 0 Å². The second kappa shape index (κ2) is 2.92. The second-order valence-corrected chi connectivity index (χ2v) is 7.04. The van der Waals surface area contributed by atoms with Crippen molar-refractivity contribution in [2.45, 2.75) is 25.3 Å². The highest BCUT2D eigenvalue weighted by Crippen LogP contribution is 2.27. The molecule has 0 aliphatic heterocycles. The molecule has 62 valence electrons. The van der Waals surface area contributed by atoms with Crippen molar-refractivity contribution in [2.75, 3.05) is 7.11 Å². The molecule has 0 heterocycles. The molecule has 0 spiro atoms. The summed E-state index contributed by atoms with van der Waals surface area (Å²) < 4.78 is 39.8. The Morgan fingerprint density at radius 1 is 1.30 bits per heavy atom. The third kappa shape index (κ3) is 4.81. The van der Waals surface area contributed by atoms with Crippen LogP contribution in [0, 0.1) is 0 Å². The maximum absolute atomic E-state index is 11.7. The quantitative estimate of drug-likeness (QED) is 0.581. The Morgan fingerprint density at radius 2 is 1.70 bits per heavy atom. The predicted octanol–water partition coefficient (Wildman–Crippen LogP) is 2.40. The van der Waals surface area contributed by atoms with Crippen molar-refractivity contribution < 1.29 is 17.6 Å². The molecule has 0 atom stereocenters. The molecule has 0 radical (unpaired) electrons. The number of hydrogen-bond donors (Lipinski definition) is 0. The fraction of sp³-hybridized carbons (Fsp3) is 1.00. The van der Waals surface area contributed by atoms with Gasteiger partial charge in [-0.05, 0) is 13.1 Å². The highest BCUT2D eigenvalue weighted by atomic mass is 28.4. The molecule has 0 amide bonds. The van der Waals surface area contributed by atoms with Gasteiger partial charge in [0.05, 0.1) is 6.04 Å². The van der Waals surface area contributed by atoms with E-state index in [0.29, 0.717) is 0 Å². The van der Waals surface area contributed by atoms with Crippen molar-refractivity contribution in [3.63, 3.8) is 0 Å². The van der Waals surface area contributed by atoms with Gasteiger partial charge in [-0.15, -0.1) is 0 Å². The summed E-state index contributed by atoms with van der Waals surface area (Å²) in [5, 5.41) is 0. The molecule has 0 aliphatic rings. The number of halogens is 3. The van der Waals surface area contributed by atoms with Crippen LogP contribution in [0.25, 0.3) is 0 Å². The molecule has 5 heteroatoms. The van der Waals surface area contributed by atoms with Gasteiger partial charge in [-0.1, -0.05) is 0 Å². The van der Waals surface area contributed by atoms with Crippen molar-refractivity contribution in [1.29, 1.82) is 0 Å². The molecule has 0 saturated heterocycles. The van der Waals surface area contributed by atoms with Gasteiger partial charge in [0.1, 0.15) is 0 Å². The lowest BCUT2D eigenvalue weighted by molar-refractivity contribution is -0.112. The Labute approximate surface area is 59.3 Å². The van der Waals surface area contributed by atoms with Gasteiger partial charge in [0.2, 0.25) is 0 Å². The largest absolute Gasteiger partial charge is 0.420 e. The van der Waals surface area contributed by atoms with Crippen LogP contribution in [-0.2, 0) is 4.43 Å². The zero-order valence-corrected chi connectivity index (χ0v) is 7.25. The highest BCUT2D eigenvalue weighted by Gasteiger charge is 2.38. The van der Waals surface area contributed by atoms with Crippen molar-refractivity contribution in [3.05, 3.63) is 0 Å². The number of alkyl halides is 3. The molecule has 0 aliphatic carbocycles. The van der Waals surface area contributed by atoms with Gasteiger partial charge >= 0.3 is 6.18 Å². The molecule has 1 nitrogen and oxygen atoms in total. The summed E-state index contributed by atoms with van der Waals surface area (Å²) in [6.45, 7) is 3.08. The van der Waals surface area contributed by atoms with Crippen molar-refractivity contribution >= 4 is 8.32 Å². The average Bonchev–Trinajstić information content (AvgIpc) is 1.60. The van der Waals surface area contributed by atoms with Crippen molar-refractivity contribution in [1.82, 2.24) is 0 Å². The zero-order valence-electron chi connectivity index (χ0n) is 6.25. The first-order chi connectivity index (χ1) is 4.27. The third-order valence-corrected chi connectivity index (χ3v) is 3.54. The first-order valence-electron chi connectivity index (χ1n) is 2.89. The van der Waals surface area contributed by atoms with E-state index >= 15 is 0 Å². The van der Waals surface area contributed by atoms with E-state index in [1.54, 1.807) is 13.1 Å². The fourth-order valence-corrected chi connectivity index (χ4v) is 1.66. The lowest BCUT2D eigenvalue weighted by atomic mass is 10.8. The molecule has 10 heavy (non-hydrogen) atoms. The summed E-state index contributed by atoms with van der Waals surface area (Å²) in [5.74, 6) is 0. The number of hydrogen-bond acceptors (Lipinski definition) is 1. The van der Waals surface area contributed by atoms with Crippen LogP contribution in [0.3, 0.4) is 0 Å². The van der Waals surface area contributed by atoms with Crippen molar-refractivity contribution in [3.8, 4) is 0 Å². The van der Waals surface area contributed by atoms with Gasteiger partial charge < -0.3 is 4.43 Å². The minimum absolute atomic E-state index is 0.767. The molecule has 0 aromatic rings. The summed E-state index contributed by atoms with van der Waals surface area (Å²) in [6.07, 6.45) is -4.08. The molecule has 0 rings (SSSR count). The minimum Gasteiger partial charge on any atom is -0.420 e. The highest BCUT2D eigenvalue weighted by molar-refractivity contribution is 6.71. The Kier molecular flexibility index (Phi) is 2.91. The normalized spacial score (nSPS) is 13.8. The summed E-state index contributed by atoms with van der Waals surface area (Å²) >= 11 is 0. The van der Waals surface area contributed by atoms with Crippen LogP contribution < -0.4 is 0 Å². The molecular weight excluding hydrogens is 161 g/mol. The Morgan fingerprint density at radius 3 is 1.80 bits per heavy atom. The first-order valence-corrected chi connectivity index (χ1v) is 6.00. The zero-order chi connectivity index (χ0) is 8.41.